The Labute approximate surface area is 159 Å². The largest absolute Gasteiger partial charge is 0.477 e. The fraction of sp³-hybridized carbons (Fsp3) is 0.333. The lowest BCUT2D eigenvalue weighted by atomic mass is 10.1. The number of carbonyl (C=O) groups excluding carboxylic acids is 2. The van der Waals surface area contributed by atoms with Crippen molar-refractivity contribution in [3.8, 4) is 5.75 Å². The van der Waals surface area contributed by atoms with E-state index in [1.54, 1.807) is 11.0 Å². The first-order chi connectivity index (χ1) is 13.0. The molecular formula is C21H25N3O3. The normalized spacial score (nSPS) is 17.0. The molecule has 0 radical (unpaired) electrons. The number of para-hydroxylation sites is 2. The van der Waals surface area contributed by atoms with Crippen LogP contribution in [0.3, 0.4) is 0 Å². The van der Waals surface area contributed by atoms with E-state index in [2.05, 4.69) is 10.2 Å². The molecule has 2 amide bonds. The minimum absolute atomic E-state index is 0.0509. The number of amides is 2. The Balaban J connectivity index is 1.70. The van der Waals surface area contributed by atoms with Gasteiger partial charge in [-0.15, -0.1) is 0 Å². The van der Waals surface area contributed by atoms with E-state index in [0.717, 1.165) is 5.56 Å². The number of anilines is 1. The number of hydrogen-bond acceptors (Lipinski definition) is 4. The Morgan fingerprint density at radius 3 is 2.48 bits per heavy atom. The van der Waals surface area contributed by atoms with Crippen LogP contribution in [0, 0.1) is 0 Å². The zero-order chi connectivity index (χ0) is 19.4. The molecule has 0 fully saturated rings. The fourth-order valence-electron chi connectivity index (χ4n) is 3.25. The van der Waals surface area contributed by atoms with Gasteiger partial charge in [-0.3, -0.25) is 9.59 Å². The molecule has 0 aliphatic carbocycles. The molecule has 27 heavy (non-hydrogen) atoms. The molecule has 0 unspecified atom stereocenters. The molecule has 0 aromatic heterocycles. The average molecular weight is 367 g/mol. The van der Waals surface area contributed by atoms with E-state index in [-0.39, 0.29) is 24.4 Å². The van der Waals surface area contributed by atoms with Gasteiger partial charge in [0.1, 0.15) is 5.75 Å². The molecule has 0 bridgehead atoms. The number of carbonyl (C=O) groups is 2. The highest BCUT2D eigenvalue weighted by atomic mass is 16.5. The monoisotopic (exact) mass is 367 g/mol. The zero-order valence-corrected chi connectivity index (χ0v) is 15.9. The molecule has 2 atom stereocenters. The maximum absolute atomic E-state index is 12.7. The van der Waals surface area contributed by atoms with Gasteiger partial charge in [0.2, 0.25) is 5.91 Å². The molecule has 1 aliphatic heterocycles. The molecule has 1 heterocycles. The van der Waals surface area contributed by atoms with E-state index in [0.29, 0.717) is 18.0 Å². The van der Waals surface area contributed by atoms with Crippen LogP contribution < -0.4 is 15.0 Å². The second kappa shape index (κ2) is 8.22. The Morgan fingerprint density at radius 1 is 1.15 bits per heavy atom. The summed E-state index contributed by atoms with van der Waals surface area (Å²) in [6.45, 7) is 2.15. The first kappa shape index (κ1) is 18.9. The van der Waals surface area contributed by atoms with Crippen molar-refractivity contribution in [3.63, 3.8) is 0 Å². The molecule has 0 spiro atoms. The topological polar surface area (TPSA) is 61.9 Å². The van der Waals surface area contributed by atoms with Crippen molar-refractivity contribution in [1.29, 1.82) is 0 Å². The van der Waals surface area contributed by atoms with Crippen molar-refractivity contribution in [3.05, 3.63) is 60.2 Å². The lowest BCUT2D eigenvalue weighted by Gasteiger charge is -2.34. The first-order valence-electron chi connectivity index (χ1n) is 9.00. The van der Waals surface area contributed by atoms with E-state index in [1.807, 2.05) is 62.6 Å². The number of fused-ring (bicyclic) bond motifs is 1. The summed E-state index contributed by atoms with van der Waals surface area (Å²) in [6.07, 6.45) is -0.734. The summed E-state index contributed by atoms with van der Waals surface area (Å²) in [5.41, 5.74) is 1.83. The van der Waals surface area contributed by atoms with E-state index >= 15 is 0 Å². The van der Waals surface area contributed by atoms with Crippen LogP contribution in [0.4, 0.5) is 5.69 Å². The molecule has 0 saturated carbocycles. The third kappa shape index (κ3) is 4.28. The first-order valence-corrected chi connectivity index (χ1v) is 9.00. The average Bonchev–Trinajstić information content (AvgIpc) is 2.67. The smallest absolute Gasteiger partial charge is 0.263 e. The molecule has 142 valence electrons. The molecule has 2 aromatic carbocycles. The highest BCUT2D eigenvalue weighted by molar-refractivity contribution is 5.95. The lowest BCUT2D eigenvalue weighted by molar-refractivity contribution is -0.128. The second-order valence-corrected chi connectivity index (χ2v) is 6.84. The van der Waals surface area contributed by atoms with Crippen molar-refractivity contribution in [2.45, 2.75) is 19.1 Å². The van der Waals surface area contributed by atoms with Crippen molar-refractivity contribution in [1.82, 2.24) is 10.2 Å². The van der Waals surface area contributed by atoms with Gasteiger partial charge >= 0.3 is 0 Å². The molecule has 6 nitrogen and oxygen atoms in total. The van der Waals surface area contributed by atoms with E-state index in [1.165, 1.54) is 6.92 Å². The molecule has 1 N–H and O–H groups in total. The Morgan fingerprint density at radius 2 is 1.81 bits per heavy atom. The van der Waals surface area contributed by atoms with E-state index < -0.39 is 6.10 Å². The lowest BCUT2D eigenvalue weighted by Crippen LogP contribution is -2.51. The minimum atomic E-state index is -0.734. The highest BCUT2D eigenvalue weighted by Gasteiger charge is 2.32. The zero-order valence-electron chi connectivity index (χ0n) is 15.9. The number of ether oxygens (including phenoxy) is 1. The van der Waals surface area contributed by atoms with Crippen LogP contribution in [0.1, 0.15) is 18.5 Å². The van der Waals surface area contributed by atoms with Gasteiger partial charge in [-0.05, 0) is 31.8 Å². The minimum Gasteiger partial charge on any atom is -0.477 e. The van der Waals surface area contributed by atoms with Gasteiger partial charge in [-0.25, -0.2) is 0 Å². The van der Waals surface area contributed by atoms with Gasteiger partial charge in [-0.2, -0.15) is 0 Å². The summed E-state index contributed by atoms with van der Waals surface area (Å²) in [7, 11) is 3.96. The number of nitrogens with zero attached hydrogens (tertiary/aromatic N) is 2. The summed E-state index contributed by atoms with van der Waals surface area (Å²) in [5, 5.41) is 2.98. The molecular weight excluding hydrogens is 342 g/mol. The number of likely N-dealkylation sites (N-methyl/N-ethyl adjacent to an activating group) is 1. The van der Waals surface area contributed by atoms with Gasteiger partial charge in [0.05, 0.1) is 18.3 Å². The van der Waals surface area contributed by atoms with Crippen molar-refractivity contribution in [2.75, 3.05) is 32.1 Å². The van der Waals surface area contributed by atoms with Gasteiger partial charge in [0.25, 0.3) is 5.91 Å². The highest BCUT2D eigenvalue weighted by Crippen LogP contribution is 2.33. The summed E-state index contributed by atoms with van der Waals surface area (Å²) < 4.78 is 5.85. The van der Waals surface area contributed by atoms with Crippen molar-refractivity contribution in [2.24, 2.45) is 0 Å². The fourth-order valence-corrected chi connectivity index (χ4v) is 3.25. The number of nitrogens with one attached hydrogen (secondary N) is 1. The van der Waals surface area contributed by atoms with E-state index in [9.17, 15) is 9.59 Å². The van der Waals surface area contributed by atoms with Crippen LogP contribution >= 0.6 is 0 Å². The maximum Gasteiger partial charge on any atom is 0.263 e. The quantitative estimate of drug-likeness (QED) is 0.880. The predicted octanol–water partition coefficient (Wildman–Crippen LogP) is 2.22. The summed E-state index contributed by atoms with van der Waals surface area (Å²) in [5.74, 6) is 0.212. The summed E-state index contributed by atoms with van der Waals surface area (Å²) in [4.78, 5) is 28.4. The van der Waals surface area contributed by atoms with Gasteiger partial charge in [0, 0.05) is 13.5 Å². The third-order valence-electron chi connectivity index (χ3n) is 4.72. The van der Waals surface area contributed by atoms with Crippen LogP contribution in [0.25, 0.3) is 0 Å². The SMILES string of the molecule is CC(=O)N1C[C@H](C(=O)NC[C@@H](c2ccccc2)N(C)C)Oc2ccccc21. The van der Waals surface area contributed by atoms with Crippen molar-refractivity contribution < 1.29 is 14.3 Å². The molecule has 1 aliphatic rings. The van der Waals surface area contributed by atoms with Crippen LogP contribution in [-0.4, -0.2) is 50.0 Å². The number of hydrogen-bond donors (Lipinski definition) is 1. The van der Waals surface area contributed by atoms with Crippen LogP contribution in [0.15, 0.2) is 54.6 Å². The maximum atomic E-state index is 12.7. The number of rotatable bonds is 5. The van der Waals surface area contributed by atoms with Crippen LogP contribution in [0.2, 0.25) is 0 Å². The van der Waals surface area contributed by atoms with Crippen LogP contribution in [0.5, 0.6) is 5.75 Å². The molecule has 0 saturated heterocycles. The Bertz CT molecular complexity index is 807. The van der Waals surface area contributed by atoms with E-state index in [4.69, 9.17) is 4.74 Å². The Kier molecular flexibility index (Phi) is 5.76. The Hall–Kier alpha value is -2.86. The third-order valence-corrected chi connectivity index (χ3v) is 4.72. The molecule has 6 heteroatoms. The van der Waals surface area contributed by atoms with Gasteiger partial charge < -0.3 is 19.9 Å². The van der Waals surface area contributed by atoms with Crippen LogP contribution in [-0.2, 0) is 9.59 Å². The summed E-state index contributed by atoms with van der Waals surface area (Å²) >= 11 is 0. The van der Waals surface area contributed by atoms with Gasteiger partial charge in [-0.1, -0.05) is 42.5 Å². The molecule has 3 rings (SSSR count). The summed E-state index contributed by atoms with van der Waals surface area (Å²) in [6, 6.07) is 17.4. The second-order valence-electron chi connectivity index (χ2n) is 6.84. The van der Waals surface area contributed by atoms with Crippen molar-refractivity contribution >= 4 is 17.5 Å². The predicted molar refractivity (Wildman–Crippen MR) is 105 cm³/mol. The van der Waals surface area contributed by atoms with Gasteiger partial charge in [0.15, 0.2) is 6.10 Å². The number of benzene rings is 2. The molecule has 2 aromatic rings. The standard InChI is InChI=1S/C21H25N3O3/c1-15(25)24-14-20(27-19-12-8-7-11-17(19)24)21(26)22-13-18(23(2)3)16-9-5-4-6-10-16/h4-12,18,20H,13-14H2,1-3H3,(H,22,26)/t18-,20+/m0/s1.